The second kappa shape index (κ2) is 5.14. The lowest BCUT2D eigenvalue weighted by Crippen LogP contribution is -2.13. The summed E-state index contributed by atoms with van der Waals surface area (Å²) in [5.41, 5.74) is 1.15. The first-order chi connectivity index (χ1) is 6.50. The van der Waals surface area contributed by atoms with Crippen molar-refractivity contribution in [2.24, 2.45) is 0 Å². The predicted molar refractivity (Wildman–Crippen MR) is 63.8 cm³/mol. The molecule has 1 aromatic carbocycles. The minimum atomic E-state index is -0.463. The van der Waals surface area contributed by atoms with Gasteiger partial charge in [-0.2, -0.15) is 0 Å². The van der Waals surface area contributed by atoms with Gasteiger partial charge in [-0.05, 0) is 63.4 Å². The Bertz CT molecular complexity index is 301. The molecule has 0 radical (unpaired) electrons. The molecule has 1 atom stereocenters. The van der Waals surface area contributed by atoms with Gasteiger partial charge in [0.25, 0.3) is 0 Å². The smallest absolute Gasteiger partial charge is 0.147 e. The van der Waals surface area contributed by atoms with Crippen LogP contribution in [0.2, 0.25) is 0 Å². The van der Waals surface area contributed by atoms with Crippen LogP contribution in [0.1, 0.15) is 12.5 Å². The fourth-order valence-electron chi connectivity index (χ4n) is 1.03. The Labute approximate surface area is 101 Å². The summed E-state index contributed by atoms with van der Waals surface area (Å²) in [6, 6.07) is 3.95. The second-order valence-corrected chi connectivity index (χ2v) is 4.93. The molecule has 0 saturated heterocycles. The lowest BCUT2D eigenvalue weighted by atomic mass is 10.2. The van der Waals surface area contributed by atoms with E-state index in [0.29, 0.717) is 6.61 Å². The van der Waals surface area contributed by atoms with E-state index in [1.54, 1.807) is 6.92 Å². The van der Waals surface area contributed by atoms with E-state index < -0.39 is 6.10 Å². The molecular formula is C10H12Br2O2. The van der Waals surface area contributed by atoms with E-state index in [4.69, 9.17) is 9.84 Å². The van der Waals surface area contributed by atoms with Crippen LogP contribution in [-0.2, 0) is 0 Å². The van der Waals surface area contributed by atoms with Crippen molar-refractivity contribution in [3.05, 3.63) is 26.6 Å². The number of aliphatic hydroxyl groups is 1. The number of aliphatic hydroxyl groups excluding tert-OH is 1. The van der Waals surface area contributed by atoms with Gasteiger partial charge < -0.3 is 9.84 Å². The Morgan fingerprint density at radius 2 is 1.86 bits per heavy atom. The van der Waals surface area contributed by atoms with Crippen LogP contribution in [0, 0.1) is 6.92 Å². The summed E-state index contributed by atoms with van der Waals surface area (Å²) < 4.78 is 7.23. The van der Waals surface area contributed by atoms with Crippen LogP contribution in [0.4, 0.5) is 0 Å². The molecule has 0 heterocycles. The fourth-order valence-corrected chi connectivity index (χ4v) is 2.67. The number of aryl methyl sites for hydroxylation is 1. The van der Waals surface area contributed by atoms with Gasteiger partial charge in [0, 0.05) is 0 Å². The third kappa shape index (κ3) is 3.26. The Hall–Kier alpha value is -0.0600. The maximum atomic E-state index is 9.09. The molecule has 1 aromatic rings. The number of halogens is 2. The van der Waals surface area contributed by atoms with E-state index in [0.717, 1.165) is 20.3 Å². The molecule has 14 heavy (non-hydrogen) atoms. The average molecular weight is 324 g/mol. The highest BCUT2D eigenvalue weighted by atomic mass is 79.9. The Kier molecular flexibility index (Phi) is 4.41. The topological polar surface area (TPSA) is 29.5 Å². The summed E-state index contributed by atoms with van der Waals surface area (Å²) in [5.74, 6) is 0.733. The molecule has 0 aliphatic carbocycles. The Morgan fingerprint density at radius 1 is 1.36 bits per heavy atom. The zero-order valence-electron chi connectivity index (χ0n) is 8.05. The van der Waals surface area contributed by atoms with Crippen LogP contribution < -0.4 is 4.74 Å². The zero-order valence-corrected chi connectivity index (χ0v) is 11.2. The molecule has 1 N–H and O–H groups in total. The van der Waals surface area contributed by atoms with Gasteiger partial charge >= 0.3 is 0 Å². The fraction of sp³-hybridized carbons (Fsp3) is 0.400. The third-order valence-electron chi connectivity index (χ3n) is 1.61. The molecule has 0 spiro atoms. The van der Waals surface area contributed by atoms with Gasteiger partial charge in [0.2, 0.25) is 0 Å². The standard InChI is InChI=1S/C10H12Br2O2/c1-6-3-8(11)10(9(12)4-6)14-5-7(2)13/h3-4,7,13H,5H2,1-2H3. The van der Waals surface area contributed by atoms with Crippen molar-refractivity contribution in [1.82, 2.24) is 0 Å². The monoisotopic (exact) mass is 322 g/mol. The summed E-state index contributed by atoms with van der Waals surface area (Å²) in [5, 5.41) is 9.09. The van der Waals surface area contributed by atoms with Crippen LogP contribution in [0.25, 0.3) is 0 Å². The predicted octanol–water partition coefficient (Wildman–Crippen LogP) is 3.28. The average Bonchev–Trinajstić information content (AvgIpc) is 2.01. The first kappa shape index (κ1) is 12.0. The van der Waals surface area contributed by atoms with Gasteiger partial charge in [-0.1, -0.05) is 0 Å². The highest BCUT2D eigenvalue weighted by Crippen LogP contribution is 2.34. The minimum absolute atomic E-state index is 0.292. The molecule has 0 amide bonds. The van der Waals surface area contributed by atoms with E-state index in [1.807, 2.05) is 19.1 Å². The number of benzene rings is 1. The Morgan fingerprint density at radius 3 is 2.29 bits per heavy atom. The van der Waals surface area contributed by atoms with Crippen molar-refractivity contribution in [2.75, 3.05) is 6.61 Å². The number of rotatable bonds is 3. The number of ether oxygens (including phenoxy) is 1. The SMILES string of the molecule is Cc1cc(Br)c(OCC(C)O)c(Br)c1. The van der Waals surface area contributed by atoms with Crippen molar-refractivity contribution in [1.29, 1.82) is 0 Å². The summed E-state index contributed by atoms with van der Waals surface area (Å²) >= 11 is 6.82. The van der Waals surface area contributed by atoms with E-state index in [9.17, 15) is 0 Å². The Balaban J connectivity index is 2.86. The van der Waals surface area contributed by atoms with E-state index in [2.05, 4.69) is 31.9 Å². The van der Waals surface area contributed by atoms with Crippen molar-refractivity contribution < 1.29 is 9.84 Å². The van der Waals surface area contributed by atoms with Crippen LogP contribution >= 0.6 is 31.9 Å². The van der Waals surface area contributed by atoms with Crippen molar-refractivity contribution in [3.8, 4) is 5.75 Å². The maximum Gasteiger partial charge on any atom is 0.147 e. The first-order valence-electron chi connectivity index (χ1n) is 4.27. The van der Waals surface area contributed by atoms with E-state index >= 15 is 0 Å². The highest BCUT2D eigenvalue weighted by molar-refractivity contribution is 9.11. The maximum absolute atomic E-state index is 9.09. The van der Waals surface area contributed by atoms with Gasteiger partial charge in [-0.25, -0.2) is 0 Å². The van der Waals surface area contributed by atoms with Gasteiger partial charge in [0.15, 0.2) is 0 Å². The van der Waals surface area contributed by atoms with Crippen molar-refractivity contribution >= 4 is 31.9 Å². The van der Waals surface area contributed by atoms with Crippen molar-refractivity contribution in [3.63, 3.8) is 0 Å². The third-order valence-corrected chi connectivity index (χ3v) is 2.79. The largest absolute Gasteiger partial charge is 0.489 e. The molecule has 0 aromatic heterocycles. The summed E-state index contributed by atoms with van der Waals surface area (Å²) in [4.78, 5) is 0. The first-order valence-corrected chi connectivity index (χ1v) is 5.86. The molecule has 2 nitrogen and oxygen atoms in total. The molecule has 1 unspecified atom stereocenters. The number of hydrogen-bond acceptors (Lipinski definition) is 2. The minimum Gasteiger partial charge on any atom is -0.489 e. The second-order valence-electron chi connectivity index (χ2n) is 3.22. The lowest BCUT2D eigenvalue weighted by molar-refractivity contribution is 0.122. The van der Waals surface area contributed by atoms with Crippen LogP contribution in [-0.4, -0.2) is 17.8 Å². The zero-order chi connectivity index (χ0) is 10.7. The number of hydrogen-bond donors (Lipinski definition) is 1. The highest BCUT2D eigenvalue weighted by Gasteiger charge is 2.08. The molecule has 0 aliphatic rings. The van der Waals surface area contributed by atoms with Crippen LogP contribution in [0.15, 0.2) is 21.1 Å². The van der Waals surface area contributed by atoms with E-state index in [1.165, 1.54) is 0 Å². The molecule has 0 aliphatic heterocycles. The van der Waals surface area contributed by atoms with Gasteiger partial charge in [0.05, 0.1) is 15.0 Å². The summed E-state index contributed by atoms with van der Waals surface area (Å²) in [7, 11) is 0. The normalized spacial score (nSPS) is 12.6. The summed E-state index contributed by atoms with van der Waals surface area (Å²) in [6.45, 7) is 3.99. The molecule has 0 saturated carbocycles. The van der Waals surface area contributed by atoms with Crippen LogP contribution in [0.5, 0.6) is 5.75 Å². The quantitative estimate of drug-likeness (QED) is 0.925. The molecule has 0 bridgehead atoms. The van der Waals surface area contributed by atoms with Gasteiger partial charge in [-0.3, -0.25) is 0 Å². The molecule has 78 valence electrons. The molecule has 4 heteroatoms. The molecule has 1 rings (SSSR count). The van der Waals surface area contributed by atoms with Gasteiger partial charge in [0.1, 0.15) is 12.4 Å². The molecular weight excluding hydrogens is 312 g/mol. The summed E-state index contributed by atoms with van der Waals surface area (Å²) in [6.07, 6.45) is -0.463. The molecule has 0 fully saturated rings. The van der Waals surface area contributed by atoms with E-state index in [-0.39, 0.29) is 0 Å². The lowest BCUT2D eigenvalue weighted by Gasteiger charge is -2.12. The van der Waals surface area contributed by atoms with Gasteiger partial charge in [-0.15, -0.1) is 0 Å². The van der Waals surface area contributed by atoms with Crippen LogP contribution in [0.3, 0.4) is 0 Å². The van der Waals surface area contributed by atoms with Crippen molar-refractivity contribution in [2.45, 2.75) is 20.0 Å².